The molecule has 1 aromatic carbocycles. The molecule has 1 heterocycles. The normalized spacial score (nSPS) is 24.2. The number of carbonyl (C=O) groups is 1. The van der Waals surface area contributed by atoms with Crippen LogP contribution >= 0.6 is 0 Å². The van der Waals surface area contributed by atoms with Gasteiger partial charge in [-0.05, 0) is 37.1 Å². The van der Waals surface area contributed by atoms with Crippen molar-refractivity contribution < 1.29 is 23.1 Å². The van der Waals surface area contributed by atoms with Crippen LogP contribution in [0.25, 0.3) is 0 Å². The quantitative estimate of drug-likeness (QED) is 0.871. The number of carboxylic acid groups (broad SMARTS) is 1. The Labute approximate surface area is 108 Å². The zero-order chi connectivity index (χ0) is 14.0. The maximum Gasteiger partial charge on any atom is 0.416 e. The Morgan fingerprint density at radius 1 is 1.26 bits per heavy atom. The van der Waals surface area contributed by atoms with Gasteiger partial charge in [-0.25, -0.2) is 0 Å². The van der Waals surface area contributed by atoms with Crippen LogP contribution < -0.4 is 5.32 Å². The van der Waals surface area contributed by atoms with Gasteiger partial charge in [0, 0.05) is 6.04 Å². The van der Waals surface area contributed by atoms with E-state index in [9.17, 15) is 18.0 Å². The molecule has 0 spiro atoms. The monoisotopic (exact) mass is 273 g/mol. The minimum atomic E-state index is -4.35. The second-order valence-corrected chi connectivity index (χ2v) is 4.69. The van der Waals surface area contributed by atoms with Gasteiger partial charge >= 0.3 is 12.1 Å². The van der Waals surface area contributed by atoms with Gasteiger partial charge in [-0.2, -0.15) is 13.2 Å². The molecule has 19 heavy (non-hydrogen) atoms. The van der Waals surface area contributed by atoms with Gasteiger partial charge in [0.25, 0.3) is 0 Å². The molecule has 104 valence electrons. The van der Waals surface area contributed by atoms with Gasteiger partial charge in [-0.1, -0.05) is 12.1 Å². The molecular weight excluding hydrogens is 259 g/mol. The van der Waals surface area contributed by atoms with Crippen LogP contribution in [0.2, 0.25) is 0 Å². The van der Waals surface area contributed by atoms with Crippen molar-refractivity contribution in [1.29, 1.82) is 0 Å². The Kier molecular flexibility index (Phi) is 3.80. The first-order valence-electron chi connectivity index (χ1n) is 6.01. The lowest BCUT2D eigenvalue weighted by Gasteiger charge is -2.28. The lowest BCUT2D eigenvalue weighted by atomic mass is 9.88. The second-order valence-electron chi connectivity index (χ2n) is 4.69. The summed E-state index contributed by atoms with van der Waals surface area (Å²) in [6.45, 7) is 0.558. The van der Waals surface area contributed by atoms with Crippen molar-refractivity contribution in [2.75, 3.05) is 6.54 Å². The maximum absolute atomic E-state index is 12.4. The average molecular weight is 273 g/mol. The summed E-state index contributed by atoms with van der Waals surface area (Å²) in [7, 11) is 0. The SMILES string of the molecule is O=C(O)[C@@H]1CCN[C@H](c2ccc(C(F)(F)F)cc2)C1. The third-order valence-corrected chi connectivity index (χ3v) is 3.39. The van der Waals surface area contributed by atoms with Crippen molar-refractivity contribution in [1.82, 2.24) is 5.32 Å². The van der Waals surface area contributed by atoms with Crippen molar-refractivity contribution >= 4 is 5.97 Å². The van der Waals surface area contributed by atoms with E-state index < -0.39 is 23.6 Å². The number of carboxylic acids is 1. The number of benzene rings is 1. The predicted octanol–water partition coefficient (Wildman–Crippen LogP) is 2.83. The molecule has 0 bridgehead atoms. The van der Waals surface area contributed by atoms with Gasteiger partial charge in [-0.15, -0.1) is 0 Å². The molecule has 0 radical (unpaired) electrons. The van der Waals surface area contributed by atoms with E-state index in [0.717, 1.165) is 12.1 Å². The standard InChI is InChI=1S/C13H14F3NO2/c14-13(15,16)10-3-1-8(2-4-10)11-7-9(12(18)19)5-6-17-11/h1-4,9,11,17H,5-7H2,(H,18,19)/t9-,11+/m1/s1. The van der Waals surface area contributed by atoms with E-state index in [1.165, 1.54) is 12.1 Å². The molecule has 0 saturated carbocycles. The molecule has 1 fully saturated rings. The molecule has 3 nitrogen and oxygen atoms in total. The summed E-state index contributed by atoms with van der Waals surface area (Å²) in [6.07, 6.45) is -3.39. The highest BCUT2D eigenvalue weighted by Crippen LogP contribution is 2.32. The van der Waals surface area contributed by atoms with Gasteiger partial charge in [0.05, 0.1) is 11.5 Å². The molecular formula is C13H14F3NO2. The summed E-state index contributed by atoms with van der Waals surface area (Å²) in [5, 5.41) is 12.1. The third-order valence-electron chi connectivity index (χ3n) is 3.39. The molecule has 1 aliphatic rings. The minimum absolute atomic E-state index is 0.197. The third kappa shape index (κ3) is 3.26. The Balaban J connectivity index is 2.12. The van der Waals surface area contributed by atoms with Crippen molar-refractivity contribution in [3.63, 3.8) is 0 Å². The number of hydrogen-bond acceptors (Lipinski definition) is 2. The lowest BCUT2D eigenvalue weighted by Crippen LogP contribution is -2.34. The molecule has 1 aliphatic heterocycles. The van der Waals surface area contributed by atoms with Crippen LogP contribution in [0, 0.1) is 5.92 Å². The molecule has 0 aromatic heterocycles. The van der Waals surface area contributed by atoms with E-state index in [2.05, 4.69) is 5.32 Å². The van der Waals surface area contributed by atoms with E-state index in [4.69, 9.17) is 5.11 Å². The summed E-state index contributed by atoms with van der Waals surface area (Å²) in [6, 6.07) is 4.68. The first kappa shape index (κ1) is 13.9. The summed E-state index contributed by atoms with van der Waals surface area (Å²) < 4.78 is 37.3. The first-order chi connectivity index (χ1) is 8.88. The van der Waals surface area contributed by atoms with Gasteiger partial charge < -0.3 is 10.4 Å². The molecule has 0 amide bonds. The van der Waals surface area contributed by atoms with Crippen LogP contribution in [0.1, 0.15) is 30.0 Å². The van der Waals surface area contributed by atoms with Crippen molar-refractivity contribution in [2.45, 2.75) is 25.1 Å². The molecule has 6 heteroatoms. The average Bonchev–Trinajstić information content (AvgIpc) is 2.38. The zero-order valence-electron chi connectivity index (χ0n) is 10.1. The van der Waals surface area contributed by atoms with Crippen molar-refractivity contribution in [2.24, 2.45) is 5.92 Å². The van der Waals surface area contributed by atoms with Crippen molar-refractivity contribution in [3.05, 3.63) is 35.4 Å². The fourth-order valence-electron chi connectivity index (χ4n) is 2.30. The number of alkyl halides is 3. The van der Waals surface area contributed by atoms with E-state index in [1.54, 1.807) is 0 Å². The predicted molar refractivity (Wildman–Crippen MR) is 62.5 cm³/mol. The maximum atomic E-state index is 12.4. The molecule has 2 N–H and O–H groups in total. The highest BCUT2D eigenvalue weighted by molar-refractivity contribution is 5.70. The largest absolute Gasteiger partial charge is 0.481 e. The zero-order valence-corrected chi connectivity index (χ0v) is 10.1. The molecule has 2 rings (SSSR count). The van der Waals surface area contributed by atoms with Gasteiger partial charge in [0.1, 0.15) is 0 Å². The van der Waals surface area contributed by atoms with Crippen LogP contribution in [0.3, 0.4) is 0 Å². The van der Waals surface area contributed by atoms with Gasteiger partial charge in [0.15, 0.2) is 0 Å². The molecule has 1 saturated heterocycles. The number of halogens is 3. The number of hydrogen-bond donors (Lipinski definition) is 2. The Morgan fingerprint density at radius 3 is 2.42 bits per heavy atom. The van der Waals surface area contributed by atoms with Crippen LogP contribution in [0.15, 0.2) is 24.3 Å². The van der Waals surface area contributed by atoms with E-state index in [1.807, 2.05) is 0 Å². The number of nitrogens with one attached hydrogen (secondary N) is 1. The number of aliphatic carboxylic acids is 1. The Hall–Kier alpha value is -1.56. The van der Waals surface area contributed by atoms with Crippen LogP contribution in [0.5, 0.6) is 0 Å². The summed E-state index contributed by atoms with van der Waals surface area (Å²) in [5.74, 6) is -1.29. The van der Waals surface area contributed by atoms with Crippen LogP contribution in [0.4, 0.5) is 13.2 Å². The lowest BCUT2D eigenvalue weighted by molar-refractivity contribution is -0.143. The van der Waals surface area contributed by atoms with E-state index >= 15 is 0 Å². The smallest absolute Gasteiger partial charge is 0.416 e. The minimum Gasteiger partial charge on any atom is -0.481 e. The topological polar surface area (TPSA) is 49.3 Å². The van der Waals surface area contributed by atoms with Gasteiger partial charge in [0.2, 0.25) is 0 Å². The van der Waals surface area contributed by atoms with Gasteiger partial charge in [-0.3, -0.25) is 4.79 Å². The van der Waals surface area contributed by atoms with Crippen LogP contribution in [-0.4, -0.2) is 17.6 Å². The summed E-state index contributed by atoms with van der Waals surface area (Å²) in [5.41, 5.74) is 0.000735. The fourth-order valence-corrected chi connectivity index (χ4v) is 2.30. The second kappa shape index (κ2) is 5.21. The van der Waals surface area contributed by atoms with Crippen molar-refractivity contribution in [3.8, 4) is 0 Å². The first-order valence-corrected chi connectivity index (χ1v) is 6.01. The highest BCUT2D eigenvalue weighted by atomic mass is 19.4. The fraction of sp³-hybridized carbons (Fsp3) is 0.462. The Bertz CT molecular complexity index is 456. The van der Waals surface area contributed by atoms with E-state index in [-0.39, 0.29) is 6.04 Å². The molecule has 2 atom stereocenters. The Morgan fingerprint density at radius 2 is 1.89 bits per heavy atom. The number of rotatable bonds is 2. The van der Waals surface area contributed by atoms with E-state index in [0.29, 0.717) is 24.9 Å². The number of piperidine rings is 1. The highest BCUT2D eigenvalue weighted by Gasteiger charge is 2.31. The summed E-state index contributed by atoms with van der Waals surface area (Å²) in [4.78, 5) is 10.9. The molecule has 0 aliphatic carbocycles. The van der Waals surface area contributed by atoms with Crippen LogP contribution in [-0.2, 0) is 11.0 Å². The molecule has 1 aromatic rings. The molecule has 0 unspecified atom stereocenters. The summed E-state index contributed by atoms with van der Waals surface area (Å²) >= 11 is 0.